The number of nitrogens with zero attached hydrogens (tertiary/aromatic N) is 3. The van der Waals surface area contributed by atoms with Gasteiger partial charge in [-0.25, -0.2) is 4.98 Å². The number of carbonyl (C=O) groups is 1. The molecule has 2 aromatic heterocycles. The zero-order valence-electron chi connectivity index (χ0n) is 10.8. The molecule has 2 aromatic rings. The van der Waals surface area contributed by atoms with Crippen LogP contribution >= 0.6 is 0 Å². The number of anilines is 1. The average molecular weight is 261 g/mol. The van der Waals surface area contributed by atoms with E-state index in [0.29, 0.717) is 23.1 Å². The Morgan fingerprint density at radius 1 is 1.42 bits per heavy atom. The fraction of sp³-hybridized carbons (Fsp3) is 0.333. The topological polar surface area (TPSA) is 107 Å². The van der Waals surface area contributed by atoms with Gasteiger partial charge in [0, 0.05) is 18.2 Å². The smallest absolute Gasteiger partial charge is 0.251 e. The van der Waals surface area contributed by atoms with Crippen LogP contribution in [0, 0.1) is 6.92 Å². The van der Waals surface area contributed by atoms with Crippen molar-refractivity contribution in [3.8, 4) is 0 Å². The van der Waals surface area contributed by atoms with E-state index >= 15 is 0 Å². The molecule has 0 aliphatic rings. The Morgan fingerprint density at radius 2 is 2.21 bits per heavy atom. The van der Waals surface area contributed by atoms with Gasteiger partial charge in [-0.15, -0.1) is 0 Å². The van der Waals surface area contributed by atoms with E-state index in [1.165, 1.54) is 6.07 Å². The molecule has 7 nitrogen and oxygen atoms in total. The molecule has 0 fully saturated rings. The number of nitrogens with two attached hydrogens (primary N) is 1. The zero-order chi connectivity index (χ0) is 13.8. The first-order chi connectivity index (χ1) is 9.08. The zero-order valence-corrected chi connectivity index (χ0v) is 10.8. The van der Waals surface area contributed by atoms with Gasteiger partial charge in [-0.1, -0.05) is 12.1 Å². The van der Waals surface area contributed by atoms with Crippen LogP contribution in [0.25, 0.3) is 0 Å². The molecule has 2 rings (SSSR count). The number of nitrogen functional groups attached to an aromatic ring is 1. The number of hydrogen-bond donors (Lipinski definition) is 2. The van der Waals surface area contributed by atoms with Crippen molar-refractivity contribution in [2.75, 3.05) is 5.73 Å². The number of hydrogen-bond acceptors (Lipinski definition) is 6. The van der Waals surface area contributed by atoms with Gasteiger partial charge >= 0.3 is 0 Å². The van der Waals surface area contributed by atoms with E-state index in [9.17, 15) is 4.79 Å². The molecule has 7 heteroatoms. The SMILES string of the molecule is CCc1cc(C(=O)NCc2noc(C)n2)cc(N)n1. The highest BCUT2D eigenvalue weighted by Crippen LogP contribution is 2.08. The van der Waals surface area contributed by atoms with Crippen molar-refractivity contribution >= 4 is 11.7 Å². The lowest BCUT2D eigenvalue weighted by Crippen LogP contribution is -2.24. The van der Waals surface area contributed by atoms with Crippen molar-refractivity contribution < 1.29 is 9.32 Å². The van der Waals surface area contributed by atoms with Crippen LogP contribution < -0.4 is 11.1 Å². The second-order valence-corrected chi connectivity index (χ2v) is 4.04. The van der Waals surface area contributed by atoms with Gasteiger partial charge in [-0.05, 0) is 18.6 Å². The lowest BCUT2D eigenvalue weighted by molar-refractivity contribution is 0.0949. The molecule has 0 spiro atoms. The number of aryl methyl sites for hydroxylation is 2. The Bertz CT molecular complexity index is 594. The minimum Gasteiger partial charge on any atom is -0.384 e. The van der Waals surface area contributed by atoms with Crippen LogP contribution in [-0.4, -0.2) is 21.0 Å². The summed E-state index contributed by atoms with van der Waals surface area (Å²) in [5, 5.41) is 6.39. The van der Waals surface area contributed by atoms with Gasteiger partial charge in [0.15, 0.2) is 5.82 Å². The number of pyridine rings is 1. The molecule has 1 amide bonds. The molecule has 0 bridgehead atoms. The molecule has 0 aliphatic carbocycles. The molecular formula is C12H15N5O2. The first-order valence-corrected chi connectivity index (χ1v) is 5.92. The summed E-state index contributed by atoms with van der Waals surface area (Å²) in [4.78, 5) is 20.1. The number of nitrogens with one attached hydrogen (secondary N) is 1. The maximum atomic E-state index is 12.0. The van der Waals surface area contributed by atoms with E-state index in [1.54, 1.807) is 13.0 Å². The minimum absolute atomic E-state index is 0.208. The highest BCUT2D eigenvalue weighted by atomic mass is 16.5. The molecule has 0 atom stereocenters. The molecule has 2 heterocycles. The number of carbonyl (C=O) groups excluding carboxylic acids is 1. The van der Waals surface area contributed by atoms with E-state index in [4.69, 9.17) is 10.3 Å². The summed E-state index contributed by atoms with van der Waals surface area (Å²) in [6.45, 7) is 3.85. The number of amides is 1. The lowest BCUT2D eigenvalue weighted by Gasteiger charge is -2.05. The Kier molecular flexibility index (Phi) is 3.74. The first kappa shape index (κ1) is 13.0. The van der Waals surface area contributed by atoms with Crippen LogP contribution in [-0.2, 0) is 13.0 Å². The van der Waals surface area contributed by atoms with E-state index in [1.807, 2.05) is 6.92 Å². The molecule has 0 unspecified atom stereocenters. The quantitative estimate of drug-likeness (QED) is 0.844. The van der Waals surface area contributed by atoms with Crippen molar-refractivity contribution in [1.82, 2.24) is 20.4 Å². The molecule has 0 saturated carbocycles. The van der Waals surface area contributed by atoms with Crippen LogP contribution in [0.5, 0.6) is 0 Å². The van der Waals surface area contributed by atoms with Crippen molar-refractivity contribution in [1.29, 1.82) is 0 Å². The highest BCUT2D eigenvalue weighted by Gasteiger charge is 2.10. The first-order valence-electron chi connectivity index (χ1n) is 5.92. The van der Waals surface area contributed by atoms with Gasteiger partial charge in [-0.2, -0.15) is 4.98 Å². The van der Waals surface area contributed by atoms with Crippen molar-refractivity contribution in [3.05, 3.63) is 35.1 Å². The van der Waals surface area contributed by atoms with Gasteiger partial charge in [0.1, 0.15) is 5.82 Å². The second-order valence-electron chi connectivity index (χ2n) is 4.04. The summed E-state index contributed by atoms with van der Waals surface area (Å²) in [5.74, 6) is 0.987. The van der Waals surface area contributed by atoms with Gasteiger partial charge in [0.05, 0.1) is 6.54 Å². The third-order valence-corrected chi connectivity index (χ3v) is 2.50. The molecule has 0 radical (unpaired) electrons. The Balaban J connectivity index is 2.05. The summed E-state index contributed by atoms with van der Waals surface area (Å²) < 4.78 is 4.82. The average Bonchev–Trinajstić information content (AvgIpc) is 2.81. The van der Waals surface area contributed by atoms with Crippen LogP contribution in [0.1, 0.15) is 34.7 Å². The fourth-order valence-electron chi connectivity index (χ4n) is 1.60. The molecule has 100 valence electrons. The molecule has 0 saturated heterocycles. The predicted octanol–water partition coefficient (Wildman–Crippen LogP) is 0.848. The molecular weight excluding hydrogens is 246 g/mol. The third kappa shape index (κ3) is 3.27. The van der Waals surface area contributed by atoms with E-state index < -0.39 is 0 Å². The van der Waals surface area contributed by atoms with Gasteiger partial charge in [0.2, 0.25) is 5.89 Å². The van der Waals surface area contributed by atoms with Crippen molar-refractivity contribution in [2.24, 2.45) is 0 Å². The van der Waals surface area contributed by atoms with E-state index in [0.717, 1.165) is 12.1 Å². The summed E-state index contributed by atoms with van der Waals surface area (Å²) in [6.07, 6.45) is 0.718. The summed E-state index contributed by atoms with van der Waals surface area (Å²) in [7, 11) is 0. The molecule has 0 aliphatic heterocycles. The van der Waals surface area contributed by atoms with Gasteiger partial charge < -0.3 is 15.6 Å². The largest absolute Gasteiger partial charge is 0.384 e. The van der Waals surface area contributed by atoms with E-state index in [-0.39, 0.29) is 12.5 Å². The number of rotatable bonds is 4. The summed E-state index contributed by atoms with van der Waals surface area (Å²) in [6, 6.07) is 3.25. The van der Waals surface area contributed by atoms with Crippen LogP contribution in [0.15, 0.2) is 16.7 Å². The normalized spacial score (nSPS) is 10.4. The van der Waals surface area contributed by atoms with E-state index in [2.05, 4.69) is 20.4 Å². The molecule has 19 heavy (non-hydrogen) atoms. The maximum Gasteiger partial charge on any atom is 0.251 e. The Hall–Kier alpha value is -2.44. The Morgan fingerprint density at radius 3 is 2.84 bits per heavy atom. The van der Waals surface area contributed by atoms with Crippen LogP contribution in [0.4, 0.5) is 5.82 Å². The monoisotopic (exact) mass is 261 g/mol. The van der Waals surface area contributed by atoms with Gasteiger partial charge in [-0.3, -0.25) is 4.79 Å². The summed E-state index contributed by atoms with van der Waals surface area (Å²) >= 11 is 0. The third-order valence-electron chi connectivity index (χ3n) is 2.50. The highest BCUT2D eigenvalue weighted by molar-refractivity contribution is 5.94. The van der Waals surface area contributed by atoms with Crippen LogP contribution in [0.3, 0.4) is 0 Å². The number of aromatic nitrogens is 3. The van der Waals surface area contributed by atoms with Crippen molar-refractivity contribution in [3.63, 3.8) is 0 Å². The predicted molar refractivity (Wildman–Crippen MR) is 68.2 cm³/mol. The summed E-state index contributed by atoms with van der Waals surface area (Å²) in [5.41, 5.74) is 6.91. The fourth-order valence-corrected chi connectivity index (χ4v) is 1.60. The molecule has 3 N–H and O–H groups in total. The van der Waals surface area contributed by atoms with Crippen molar-refractivity contribution in [2.45, 2.75) is 26.8 Å². The molecule has 0 aromatic carbocycles. The Labute approximate surface area is 110 Å². The van der Waals surface area contributed by atoms with Gasteiger partial charge in [0.25, 0.3) is 5.91 Å². The lowest BCUT2D eigenvalue weighted by atomic mass is 10.2. The second kappa shape index (κ2) is 5.47. The standard InChI is InChI=1S/C12H15N5O2/c1-3-9-4-8(5-10(13)16-9)12(18)14-6-11-15-7(2)19-17-11/h4-5H,3,6H2,1-2H3,(H2,13,16)(H,14,18). The minimum atomic E-state index is -0.244. The maximum absolute atomic E-state index is 12.0. The van der Waals surface area contributed by atoms with Crippen LogP contribution in [0.2, 0.25) is 0 Å².